The lowest BCUT2D eigenvalue weighted by atomic mass is 10.1. The number of amides is 1. The topological polar surface area (TPSA) is 89.0 Å². The number of aromatic nitrogens is 3. The molecule has 0 radical (unpaired) electrons. The third-order valence-corrected chi connectivity index (χ3v) is 5.43. The molecule has 3 aromatic carbocycles. The van der Waals surface area contributed by atoms with Crippen molar-refractivity contribution in [3.8, 4) is 11.4 Å². The second-order valence-electron chi connectivity index (χ2n) is 7.55. The number of ether oxygens (including phenoxy) is 1. The maximum Gasteiger partial charge on any atom is 0.280 e. The molecule has 5 aromatic rings. The number of benzene rings is 3. The summed E-state index contributed by atoms with van der Waals surface area (Å²) in [4.78, 5) is 30.2. The molecule has 0 aliphatic carbocycles. The van der Waals surface area contributed by atoms with Crippen LogP contribution in [-0.4, -0.2) is 27.8 Å². The largest absolute Gasteiger partial charge is 0.497 e. The number of nitrogens with zero attached hydrogens (tertiary/aromatic N) is 2. The highest BCUT2D eigenvalue weighted by molar-refractivity contribution is 6.10. The van der Waals surface area contributed by atoms with Gasteiger partial charge in [-0.25, -0.2) is 4.68 Å². The summed E-state index contributed by atoms with van der Waals surface area (Å²) in [6.07, 6.45) is 1.57. The fourth-order valence-electron chi connectivity index (χ4n) is 3.65. The Kier molecular flexibility index (Phi) is 4.71. The summed E-state index contributed by atoms with van der Waals surface area (Å²) in [7, 11) is 1.59. The lowest BCUT2D eigenvalue weighted by Crippen LogP contribution is -2.14. The van der Waals surface area contributed by atoms with E-state index in [1.807, 2.05) is 31.2 Å². The molecule has 32 heavy (non-hydrogen) atoms. The van der Waals surface area contributed by atoms with Gasteiger partial charge in [0.05, 0.1) is 29.2 Å². The summed E-state index contributed by atoms with van der Waals surface area (Å²) < 4.78 is 6.64. The van der Waals surface area contributed by atoms with Crippen LogP contribution in [0.4, 0.5) is 5.69 Å². The van der Waals surface area contributed by atoms with E-state index in [4.69, 9.17) is 4.74 Å². The van der Waals surface area contributed by atoms with E-state index < -0.39 is 0 Å². The predicted octanol–water partition coefficient (Wildman–Crippen LogP) is 4.44. The molecule has 0 atom stereocenters. The summed E-state index contributed by atoms with van der Waals surface area (Å²) in [5.41, 5.74) is 4.11. The lowest BCUT2D eigenvalue weighted by Gasteiger charge is -2.07. The molecule has 7 heteroatoms. The number of pyridine rings is 1. The first kappa shape index (κ1) is 19.6. The number of H-pyrrole nitrogens is 1. The van der Waals surface area contributed by atoms with Crippen LogP contribution in [0.2, 0.25) is 0 Å². The molecule has 0 bridgehead atoms. The van der Waals surface area contributed by atoms with Crippen LogP contribution in [0.15, 0.2) is 77.7 Å². The van der Waals surface area contributed by atoms with Crippen molar-refractivity contribution < 1.29 is 9.53 Å². The van der Waals surface area contributed by atoms with E-state index in [1.54, 1.807) is 55.8 Å². The number of hydrogen-bond acceptors (Lipinski definition) is 4. The number of anilines is 1. The van der Waals surface area contributed by atoms with Crippen molar-refractivity contribution >= 4 is 33.4 Å². The molecule has 158 valence electrons. The van der Waals surface area contributed by atoms with Crippen LogP contribution in [0.3, 0.4) is 0 Å². The maximum absolute atomic E-state index is 13.0. The molecule has 0 saturated carbocycles. The molecule has 0 saturated heterocycles. The van der Waals surface area contributed by atoms with Crippen LogP contribution in [0.25, 0.3) is 27.5 Å². The molecule has 2 aromatic heterocycles. The van der Waals surface area contributed by atoms with Crippen molar-refractivity contribution in [2.75, 3.05) is 12.4 Å². The number of rotatable bonds is 4. The molecule has 0 aliphatic heterocycles. The lowest BCUT2D eigenvalue weighted by molar-refractivity contribution is 0.102. The Labute approximate surface area is 183 Å². The molecular weight excluding hydrogens is 404 g/mol. The van der Waals surface area contributed by atoms with Crippen molar-refractivity contribution in [1.29, 1.82) is 0 Å². The summed E-state index contributed by atoms with van der Waals surface area (Å²) in [5.74, 6) is 0.457. The summed E-state index contributed by atoms with van der Waals surface area (Å²) in [6.45, 7) is 1.99. The fourth-order valence-corrected chi connectivity index (χ4v) is 3.65. The van der Waals surface area contributed by atoms with Gasteiger partial charge in [-0.2, -0.15) is 0 Å². The maximum atomic E-state index is 13.0. The molecular formula is C25H20N4O3. The van der Waals surface area contributed by atoms with Gasteiger partial charge in [-0.1, -0.05) is 17.7 Å². The van der Waals surface area contributed by atoms with Crippen LogP contribution in [-0.2, 0) is 0 Å². The summed E-state index contributed by atoms with van der Waals surface area (Å²) >= 11 is 0. The fraction of sp³-hybridized carbons (Fsp3) is 0.0800. The van der Waals surface area contributed by atoms with Crippen molar-refractivity contribution in [2.45, 2.75) is 6.92 Å². The minimum absolute atomic E-state index is 0.189. The normalized spacial score (nSPS) is 11.1. The van der Waals surface area contributed by atoms with Crippen LogP contribution < -0.4 is 15.6 Å². The summed E-state index contributed by atoms with van der Waals surface area (Å²) in [5, 5.41) is 7.23. The molecule has 0 spiro atoms. The third-order valence-electron chi connectivity index (χ3n) is 5.43. The molecule has 5 rings (SSSR count). The second kappa shape index (κ2) is 7.70. The Balaban J connectivity index is 1.56. The number of carbonyl (C=O) groups is 1. The highest BCUT2D eigenvalue weighted by atomic mass is 16.5. The van der Waals surface area contributed by atoms with Crippen molar-refractivity contribution in [3.63, 3.8) is 0 Å². The zero-order valence-electron chi connectivity index (χ0n) is 17.5. The molecule has 1 amide bonds. The molecule has 7 nitrogen and oxygen atoms in total. The van der Waals surface area contributed by atoms with Gasteiger partial charge in [-0.3, -0.25) is 19.7 Å². The van der Waals surface area contributed by atoms with Crippen molar-refractivity contribution in [3.05, 3.63) is 94.4 Å². The van der Waals surface area contributed by atoms with E-state index in [9.17, 15) is 9.59 Å². The van der Waals surface area contributed by atoms with Gasteiger partial charge in [-0.05, 0) is 61.5 Å². The zero-order valence-corrected chi connectivity index (χ0v) is 17.5. The number of nitrogens with one attached hydrogen (secondary N) is 2. The van der Waals surface area contributed by atoms with Gasteiger partial charge < -0.3 is 10.1 Å². The van der Waals surface area contributed by atoms with Crippen LogP contribution in [0.5, 0.6) is 5.75 Å². The number of aryl methyl sites for hydroxylation is 1. The number of fused-ring (bicyclic) bond motifs is 3. The highest BCUT2D eigenvalue weighted by Gasteiger charge is 2.14. The number of hydrogen-bond donors (Lipinski definition) is 2. The average molecular weight is 424 g/mol. The first-order valence-corrected chi connectivity index (χ1v) is 10.1. The van der Waals surface area contributed by atoms with Crippen LogP contribution in [0.1, 0.15) is 15.9 Å². The van der Waals surface area contributed by atoms with Gasteiger partial charge in [0.2, 0.25) is 0 Å². The predicted molar refractivity (Wildman–Crippen MR) is 125 cm³/mol. The molecule has 2 N–H and O–H groups in total. The second-order valence-corrected chi connectivity index (χ2v) is 7.55. The number of carbonyl (C=O) groups excluding carboxylic acids is 1. The highest BCUT2D eigenvalue weighted by Crippen LogP contribution is 2.23. The Morgan fingerprint density at radius 3 is 2.47 bits per heavy atom. The molecule has 0 unspecified atom stereocenters. The minimum Gasteiger partial charge on any atom is -0.497 e. The van der Waals surface area contributed by atoms with Gasteiger partial charge in [0.1, 0.15) is 5.75 Å². The smallest absolute Gasteiger partial charge is 0.280 e. The molecule has 2 heterocycles. The van der Waals surface area contributed by atoms with Crippen LogP contribution in [0, 0.1) is 6.92 Å². The van der Waals surface area contributed by atoms with E-state index in [1.165, 1.54) is 4.68 Å². The Hall–Kier alpha value is -4.39. The number of methoxy groups -OCH3 is 1. The standard InChI is InChI=1S/C25H20N4O3/c1-15-3-8-18(9-4-15)29-25(31)21-14-26-22-12-5-16(13-20(22)23(21)28-29)24(30)27-17-6-10-19(32-2)11-7-17/h3-14,28H,1-2H3,(H,27,30). The Bertz CT molecular complexity index is 1510. The quantitative estimate of drug-likeness (QED) is 0.447. The SMILES string of the molecule is COc1ccc(NC(=O)c2ccc3ncc4c(=O)n(-c5ccc(C)cc5)[nH]c4c3c2)cc1. The van der Waals surface area contributed by atoms with E-state index in [0.717, 1.165) is 11.3 Å². The monoisotopic (exact) mass is 424 g/mol. The van der Waals surface area contributed by atoms with Crippen molar-refractivity contribution in [1.82, 2.24) is 14.8 Å². The van der Waals surface area contributed by atoms with Gasteiger partial charge in [0, 0.05) is 22.8 Å². The summed E-state index contributed by atoms with van der Waals surface area (Å²) in [6, 6.07) is 20.0. The van der Waals surface area contributed by atoms with Gasteiger partial charge in [-0.15, -0.1) is 0 Å². The van der Waals surface area contributed by atoms with Gasteiger partial charge in [0.25, 0.3) is 11.5 Å². The first-order valence-electron chi connectivity index (χ1n) is 10.1. The third kappa shape index (κ3) is 3.39. The first-order chi connectivity index (χ1) is 15.5. The minimum atomic E-state index is -0.255. The van der Waals surface area contributed by atoms with E-state index in [2.05, 4.69) is 15.4 Å². The Morgan fingerprint density at radius 1 is 1.00 bits per heavy atom. The van der Waals surface area contributed by atoms with Gasteiger partial charge >= 0.3 is 0 Å². The zero-order chi connectivity index (χ0) is 22.2. The Morgan fingerprint density at radius 2 is 1.75 bits per heavy atom. The number of aromatic amines is 1. The molecule has 0 fully saturated rings. The molecule has 0 aliphatic rings. The van der Waals surface area contributed by atoms with E-state index in [0.29, 0.717) is 38.8 Å². The van der Waals surface area contributed by atoms with E-state index >= 15 is 0 Å². The van der Waals surface area contributed by atoms with E-state index in [-0.39, 0.29) is 11.5 Å². The van der Waals surface area contributed by atoms with Crippen molar-refractivity contribution in [2.24, 2.45) is 0 Å². The van der Waals surface area contributed by atoms with Gasteiger partial charge in [0.15, 0.2) is 0 Å². The average Bonchev–Trinajstić information content (AvgIpc) is 3.16. The van der Waals surface area contributed by atoms with Crippen LogP contribution >= 0.6 is 0 Å².